The van der Waals surface area contributed by atoms with E-state index in [2.05, 4.69) is 10.3 Å². The average Bonchev–Trinajstić information content (AvgIpc) is 3.11. The lowest BCUT2D eigenvalue weighted by Crippen LogP contribution is -2.48. The van der Waals surface area contributed by atoms with Gasteiger partial charge in [-0.1, -0.05) is 0 Å². The standard InChI is InChI=1S/C19H24F3N3O5/c1-11(12-8-13(28-3)16(30-5)14(9-12)29-4)24-15(26)10-18(27,19(20,21)22)17-23-6-7-25(17)2/h6-9,11,27H,10H2,1-5H3,(H,24,26). The number of alkyl halides is 3. The largest absolute Gasteiger partial charge is 0.493 e. The van der Waals surface area contributed by atoms with Crippen LogP contribution in [0.4, 0.5) is 13.2 Å². The van der Waals surface area contributed by atoms with Gasteiger partial charge in [0.2, 0.25) is 17.3 Å². The van der Waals surface area contributed by atoms with Crippen LogP contribution in [0.15, 0.2) is 24.5 Å². The van der Waals surface area contributed by atoms with Crippen molar-refractivity contribution in [3.63, 3.8) is 0 Å². The van der Waals surface area contributed by atoms with E-state index in [0.717, 1.165) is 10.8 Å². The number of carbonyl (C=O) groups excluding carboxylic acids is 1. The highest BCUT2D eigenvalue weighted by Crippen LogP contribution is 2.42. The number of halogens is 3. The maximum Gasteiger partial charge on any atom is 0.425 e. The van der Waals surface area contributed by atoms with E-state index >= 15 is 0 Å². The highest BCUT2D eigenvalue weighted by atomic mass is 19.4. The maximum absolute atomic E-state index is 13.6. The summed E-state index contributed by atoms with van der Waals surface area (Å²) in [6, 6.07) is 2.42. The SMILES string of the molecule is COc1cc(C(C)NC(=O)CC(O)(c2nccn2C)C(F)(F)F)cc(OC)c1OC. The molecule has 0 aliphatic rings. The van der Waals surface area contributed by atoms with Gasteiger partial charge in [-0.05, 0) is 24.6 Å². The number of rotatable bonds is 8. The van der Waals surface area contributed by atoms with Crippen molar-refractivity contribution in [2.45, 2.75) is 31.2 Å². The van der Waals surface area contributed by atoms with Crippen molar-refractivity contribution >= 4 is 5.91 Å². The number of ether oxygens (including phenoxy) is 3. The van der Waals surface area contributed by atoms with Gasteiger partial charge in [-0.3, -0.25) is 4.79 Å². The second kappa shape index (κ2) is 8.82. The first-order valence-corrected chi connectivity index (χ1v) is 8.84. The van der Waals surface area contributed by atoms with Gasteiger partial charge in [-0.15, -0.1) is 0 Å². The van der Waals surface area contributed by atoms with E-state index in [1.807, 2.05) is 0 Å². The monoisotopic (exact) mass is 431 g/mol. The number of nitrogens with one attached hydrogen (secondary N) is 1. The highest BCUT2D eigenvalue weighted by Gasteiger charge is 2.58. The van der Waals surface area contributed by atoms with E-state index in [9.17, 15) is 23.1 Å². The van der Waals surface area contributed by atoms with Crippen molar-refractivity contribution < 1.29 is 37.3 Å². The zero-order valence-electron chi connectivity index (χ0n) is 17.2. The minimum Gasteiger partial charge on any atom is -0.493 e. The Bertz CT molecular complexity index is 875. The van der Waals surface area contributed by atoms with Gasteiger partial charge in [0.1, 0.15) is 0 Å². The second-order valence-corrected chi connectivity index (χ2v) is 6.64. The molecule has 2 N–H and O–H groups in total. The molecule has 1 aromatic heterocycles. The summed E-state index contributed by atoms with van der Waals surface area (Å²) < 4.78 is 57.6. The molecule has 0 fully saturated rings. The third-order valence-electron chi connectivity index (χ3n) is 4.64. The van der Waals surface area contributed by atoms with Crippen LogP contribution in [0.1, 0.15) is 30.8 Å². The molecule has 11 heteroatoms. The molecular weight excluding hydrogens is 407 g/mol. The maximum atomic E-state index is 13.6. The van der Waals surface area contributed by atoms with Crippen LogP contribution in [0.2, 0.25) is 0 Å². The number of benzene rings is 1. The molecule has 0 spiro atoms. The van der Waals surface area contributed by atoms with Crippen molar-refractivity contribution in [3.05, 3.63) is 35.9 Å². The lowest BCUT2D eigenvalue weighted by molar-refractivity contribution is -0.271. The number of imidazole rings is 1. The lowest BCUT2D eigenvalue weighted by atomic mass is 9.96. The summed E-state index contributed by atoms with van der Waals surface area (Å²) in [5, 5.41) is 12.8. The van der Waals surface area contributed by atoms with E-state index in [1.54, 1.807) is 19.1 Å². The molecule has 2 atom stereocenters. The van der Waals surface area contributed by atoms with Crippen molar-refractivity contribution in [1.29, 1.82) is 0 Å². The molecule has 2 rings (SSSR count). The number of amides is 1. The third kappa shape index (κ3) is 4.45. The Kier molecular flexibility index (Phi) is 6.86. The van der Waals surface area contributed by atoms with Gasteiger partial charge < -0.3 is 29.2 Å². The molecule has 0 aliphatic carbocycles. The fraction of sp³-hybridized carbons (Fsp3) is 0.474. The molecule has 0 bridgehead atoms. The number of aryl methyl sites for hydroxylation is 1. The van der Waals surface area contributed by atoms with Crippen LogP contribution in [-0.4, -0.2) is 48.1 Å². The summed E-state index contributed by atoms with van der Waals surface area (Å²) >= 11 is 0. The van der Waals surface area contributed by atoms with Gasteiger partial charge >= 0.3 is 6.18 Å². The van der Waals surface area contributed by atoms with Crippen molar-refractivity contribution in [2.75, 3.05) is 21.3 Å². The number of nitrogens with zero attached hydrogens (tertiary/aromatic N) is 2. The number of methoxy groups -OCH3 is 3. The fourth-order valence-corrected chi connectivity index (χ4v) is 3.03. The summed E-state index contributed by atoms with van der Waals surface area (Å²) in [6.45, 7) is 1.58. The van der Waals surface area contributed by atoms with E-state index in [4.69, 9.17) is 14.2 Å². The highest BCUT2D eigenvalue weighted by molar-refractivity contribution is 5.78. The van der Waals surface area contributed by atoms with Crippen LogP contribution in [0.3, 0.4) is 0 Å². The Labute approximate surface area is 171 Å². The van der Waals surface area contributed by atoms with Gasteiger partial charge in [0.25, 0.3) is 0 Å². The zero-order valence-corrected chi connectivity index (χ0v) is 17.2. The zero-order chi connectivity index (χ0) is 22.7. The third-order valence-corrected chi connectivity index (χ3v) is 4.64. The molecule has 2 unspecified atom stereocenters. The Morgan fingerprint density at radius 2 is 1.77 bits per heavy atom. The van der Waals surface area contributed by atoms with E-state index in [0.29, 0.717) is 22.8 Å². The van der Waals surface area contributed by atoms with Crippen LogP contribution in [0, 0.1) is 0 Å². The van der Waals surface area contributed by atoms with E-state index < -0.39 is 36.0 Å². The van der Waals surface area contributed by atoms with Gasteiger partial charge in [0, 0.05) is 19.4 Å². The molecule has 1 aromatic carbocycles. The predicted octanol–water partition coefficient (Wildman–Crippen LogP) is 2.46. The predicted molar refractivity (Wildman–Crippen MR) is 100 cm³/mol. The summed E-state index contributed by atoms with van der Waals surface area (Å²) in [5.74, 6) is -0.700. The Morgan fingerprint density at radius 3 is 2.17 bits per heavy atom. The molecular formula is C19H24F3N3O5. The van der Waals surface area contributed by atoms with Gasteiger partial charge in [0.15, 0.2) is 17.3 Å². The number of hydrogen-bond acceptors (Lipinski definition) is 6. The molecule has 8 nitrogen and oxygen atoms in total. The van der Waals surface area contributed by atoms with Gasteiger partial charge in [-0.25, -0.2) is 4.98 Å². The molecule has 1 heterocycles. The first-order chi connectivity index (χ1) is 14.0. The summed E-state index contributed by atoms with van der Waals surface area (Å²) in [4.78, 5) is 16.0. The number of aromatic nitrogens is 2. The minimum atomic E-state index is -5.11. The first-order valence-electron chi connectivity index (χ1n) is 8.84. The smallest absolute Gasteiger partial charge is 0.425 e. The summed E-state index contributed by atoms with van der Waals surface area (Å²) in [5.41, 5.74) is -2.94. The Balaban J connectivity index is 2.28. The molecule has 0 saturated heterocycles. The van der Waals surface area contributed by atoms with Crippen molar-refractivity contribution in [2.24, 2.45) is 7.05 Å². The number of hydrogen-bond donors (Lipinski definition) is 2. The molecule has 1 amide bonds. The number of carbonyl (C=O) groups is 1. The molecule has 2 aromatic rings. The topological polar surface area (TPSA) is 94.8 Å². The van der Waals surface area contributed by atoms with Crippen LogP contribution < -0.4 is 19.5 Å². The second-order valence-electron chi connectivity index (χ2n) is 6.64. The van der Waals surface area contributed by atoms with Crippen molar-refractivity contribution in [3.8, 4) is 17.2 Å². The van der Waals surface area contributed by atoms with E-state index in [-0.39, 0.29) is 0 Å². The summed E-state index contributed by atoms with van der Waals surface area (Å²) in [6.07, 6.45) is -4.00. The first kappa shape index (κ1) is 23.3. The van der Waals surface area contributed by atoms with Gasteiger partial charge in [-0.2, -0.15) is 13.2 Å². The van der Waals surface area contributed by atoms with Crippen molar-refractivity contribution in [1.82, 2.24) is 14.9 Å². The average molecular weight is 431 g/mol. The summed E-state index contributed by atoms with van der Waals surface area (Å²) in [7, 11) is 5.57. The molecule has 30 heavy (non-hydrogen) atoms. The van der Waals surface area contributed by atoms with Crippen LogP contribution in [0.5, 0.6) is 17.2 Å². The van der Waals surface area contributed by atoms with Crippen LogP contribution in [0.25, 0.3) is 0 Å². The molecule has 0 aliphatic heterocycles. The molecule has 0 saturated carbocycles. The molecule has 166 valence electrons. The van der Waals surface area contributed by atoms with Crippen LogP contribution in [-0.2, 0) is 17.4 Å². The quantitative estimate of drug-likeness (QED) is 0.667. The Hall–Kier alpha value is -2.95. The van der Waals surface area contributed by atoms with Gasteiger partial charge in [0.05, 0.1) is 33.8 Å². The number of aliphatic hydroxyl groups is 1. The Morgan fingerprint density at radius 1 is 1.20 bits per heavy atom. The fourth-order valence-electron chi connectivity index (χ4n) is 3.03. The minimum absolute atomic E-state index is 0.327. The molecule has 0 radical (unpaired) electrons. The normalized spacial score (nSPS) is 14.6. The van der Waals surface area contributed by atoms with E-state index in [1.165, 1.54) is 34.6 Å². The lowest BCUT2D eigenvalue weighted by Gasteiger charge is -2.30. The van der Waals surface area contributed by atoms with Crippen LogP contribution >= 0.6 is 0 Å².